The molecule has 0 radical (unpaired) electrons. The molecule has 0 bridgehead atoms. The summed E-state index contributed by atoms with van der Waals surface area (Å²) in [4.78, 5) is 12.0. The van der Waals surface area contributed by atoms with Gasteiger partial charge in [0.15, 0.2) is 0 Å². The SMILES string of the molecule is Cc1ccc(NC(=O)Cn2c(C)ccc2C)cc1Cl. The Bertz CT molecular complexity index is 597. The quantitative estimate of drug-likeness (QED) is 0.911. The average Bonchev–Trinajstić information content (AvgIpc) is 2.66. The molecule has 0 unspecified atom stereocenters. The normalized spacial score (nSPS) is 10.5. The summed E-state index contributed by atoms with van der Waals surface area (Å²) >= 11 is 6.03. The second-order valence-electron chi connectivity index (χ2n) is 4.71. The lowest BCUT2D eigenvalue weighted by Gasteiger charge is -2.10. The highest BCUT2D eigenvalue weighted by Gasteiger charge is 2.08. The molecule has 1 N–H and O–H groups in total. The fourth-order valence-electron chi connectivity index (χ4n) is 1.96. The van der Waals surface area contributed by atoms with Crippen LogP contribution in [0.15, 0.2) is 30.3 Å². The number of aryl methyl sites for hydroxylation is 3. The smallest absolute Gasteiger partial charge is 0.244 e. The molecular weight excluding hydrogens is 260 g/mol. The molecule has 0 aliphatic rings. The Morgan fingerprint density at radius 1 is 1.16 bits per heavy atom. The van der Waals surface area contributed by atoms with Gasteiger partial charge < -0.3 is 9.88 Å². The van der Waals surface area contributed by atoms with Gasteiger partial charge in [0, 0.05) is 22.1 Å². The Hall–Kier alpha value is -1.74. The van der Waals surface area contributed by atoms with E-state index in [-0.39, 0.29) is 5.91 Å². The molecule has 1 aromatic carbocycles. The van der Waals surface area contributed by atoms with Gasteiger partial charge in [-0.05, 0) is 50.6 Å². The number of amides is 1. The number of carbonyl (C=O) groups excluding carboxylic acids is 1. The molecule has 0 fully saturated rings. The van der Waals surface area contributed by atoms with Crippen LogP contribution in [0.5, 0.6) is 0 Å². The number of nitrogens with zero attached hydrogens (tertiary/aromatic N) is 1. The number of hydrogen-bond donors (Lipinski definition) is 1. The van der Waals surface area contributed by atoms with Crippen LogP contribution in [0.4, 0.5) is 5.69 Å². The lowest BCUT2D eigenvalue weighted by Crippen LogP contribution is -2.20. The fourth-order valence-corrected chi connectivity index (χ4v) is 2.14. The third kappa shape index (κ3) is 3.18. The summed E-state index contributed by atoms with van der Waals surface area (Å²) in [6, 6.07) is 9.53. The predicted octanol–water partition coefficient (Wildman–Crippen LogP) is 3.71. The zero-order chi connectivity index (χ0) is 14.0. The second-order valence-corrected chi connectivity index (χ2v) is 5.12. The number of hydrogen-bond acceptors (Lipinski definition) is 1. The molecule has 1 heterocycles. The van der Waals surface area contributed by atoms with Gasteiger partial charge in [-0.25, -0.2) is 0 Å². The molecule has 0 saturated heterocycles. The zero-order valence-electron chi connectivity index (χ0n) is 11.3. The van der Waals surface area contributed by atoms with Gasteiger partial charge in [0.25, 0.3) is 0 Å². The monoisotopic (exact) mass is 276 g/mol. The highest BCUT2D eigenvalue weighted by atomic mass is 35.5. The molecule has 0 atom stereocenters. The standard InChI is InChI=1S/C15H17ClN2O/c1-10-4-7-13(8-14(10)16)17-15(19)9-18-11(2)5-6-12(18)3/h4-8H,9H2,1-3H3,(H,17,19). The van der Waals surface area contributed by atoms with E-state index in [1.807, 2.05) is 49.6 Å². The second kappa shape index (κ2) is 5.49. The van der Waals surface area contributed by atoms with Gasteiger partial charge in [0.2, 0.25) is 5.91 Å². The first-order valence-electron chi connectivity index (χ1n) is 6.16. The van der Waals surface area contributed by atoms with E-state index in [0.717, 1.165) is 22.6 Å². The maximum Gasteiger partial charge on any atom is 0.244 e. The average molecular weight is 277 g/mol. The molecule has 0 aliphatic carbocycles. The molecule has 1 amide bonds. The number of aromatic nitrogens is 1. The maximum absolute atomic E-state index is 12.0. The maximum atomic E-state index is 12.0. The molecule has 19 heavy (non-hydrogen) atoms. The molecule has 100 valence electrons. The van der Waals surface area contributed by atoms with Crippen LogP contribution in [-0.2, 0) is 11.3 Å². The first kappa shape index (κ1) is 13.7. The fraction of sp³-hybridized carbons (Fsp3) is 0.267. The van der Waals surface area contributed by atoms with Gasteiger partial charge in [-0.3, -0.25) is 4.79 Å². The van der Waals surface area contributed by atoms with Gasteiger partial charge >= 0.3 is 0 Å². The first-order valence-corrected chi connectivity index (χ1v) is 6.54. The molecule has 0 spiro atoms. The zero-order valence-corrected chi connectivity index (χ0v) is 12.1. The van der Waals surface area contributed by atoms with Crippen molar-refractivity contribution in [2.45, 2.75) is 27.3 Å². The lowest BCUT2D eigenvalue weighted by molar-refractivity contribution is -0.116. The number of carbonyl (C=O) groups is 1. The summed E-state index contributed by atoms with van der Waals surface area (Å²) in [5, 5.41) is 3.52. The molecule has 4 heteroatoms. The van der Waals surface area contributed by atoms with E-state index >= 15 is 0 Å². The van der Waals surface area contributed by atoms with Crippen LogP contribution >= 0.6 is 11.6 Å². The van der Waals surface area contributed by atoms with Crippen LogP contribution in [0.3, 0.4) is 0 Å². The van der Waals surface area contributed by atoms with E-state index < -0.39 is 0 Å². The third-order valence-electron chi connectivity index (χ3n) is 3.17. The van der Waals surface area contributed by atoms with Gasteiger partial charge in [-0.2, -0.15) is 0 Å². The van der Waals surface area contributed by atoms with Crippen molar-refractivity contribution in [1.82, 2.24) is 4.57 Å². The molecule has 0 aliphatic heterocycles. The minimum absolute atomic E-state index is 0.0534. The lowest BCUT2D eigenvalue weighted by atomic mass is 10.2. The molecule has 2 aromatic rings. The summed E-state index contributed by atoms with van der Waals surface area (Å²) < 4.78 is 1.98. The van der Waals surface area contributed by atoms with E-state index in [1.54, 1.807) is 6.07 Å². The summed E-state index contributed by atoms with van der Waals surface area (Å²) in [5.74, 6) is -0.0534. The Labute approximate surface area is 118 Å². The Morgan fingerprint density at radius 3 is 2.37 bits per heavy atom. The van der Waals surface area contributed by atoms with Gasteiger partial charge in [0.05, 0.1) is 0 Å². The summed E-state index contributed by atoms with van der Waals surface area (Å²) in [6.45, 7) is 6.22. The van der Waals surface area contributed by atoms with Crippen LogP contribution in [0.2, 0.25) is 5.02 Å². The molecule has 2 rings (SSSR count). The van der Waals surface area contributed by atoms with Crippen molar-refractivity contribution in [3.63, 3.8) is 0 Å². The van der Waals surface area contributed by atoms with Crippen molar-refractivity contribution in [3.05, 3.63) is 52.3 Å². The van der Waals surface area contributed by atoms with Crippen LogP contribution < -0.4 is 5.32 Å². The first-order chi connectivity index (χ1) is 8.97. The van der Waals surface area contributed by atoms with Crippen molar-refractivity contribution in [2.24, 2.45) is 0 Å². The van der Waals surface area contributed by atoms with Crippen LogP contribution in [0.1, 0.15) is 17.0 Å². The van der Waals surface area contributed by atoms with Gasteiger partial charge in [-0.15, -0.1) is 0 Å². The number of rotatable bonds is 3. The van der Waals surface area contributed by atoms with Crippen molar-refractivity contribution in [1.29, 1.82) is 0 Å². The minimum atomic E-state index is -0.0534. The predicted molar refractivity (Wildman–Crippen MR) is 78.7 cm³/mol. The molecule has 3 nitrogen and oxygen atoms in total. The molecule has 1 aromatic heterocycles. The number of anilines is 1. The number of nitrogens with one attached hydrogen (secondary N) is 1. The highest BCUT2D eigenvalue weighted by molar-refractivity contribution is 6.31. The van der Waals surface area contributed by atoms with E-state index in [4.69, 9.17) is 11.6 Å². The summed E-state index contributed by atoms with van der Waals surface area (Å²) in [6.07, 6.45) is 0. The van der Waals surface area contributed by atoms with Crippen molar-refractivity contribution < 1.29 is 4.79 Å². The van der Waals surface area contributed by atoms with Crippen LogP contribution in [0.25, 0.3) is 0 Å². The number of benzene rings is 1. The van der Waals surface area contributed by atoms with E-state index in [9.17, 15) is 4.79 Å². The Kier molecular flexibility index (Phi) is 3.96. The Balaban J connectivity index is 2.07. The van der Waals surface area contributed by atoms with Crippen LogP contribution in [0, 0.1) is 20.8 Å². The minimum Gasteiger partial charge on any atom is -0.340 e. The van der Waals surface area contributed by atoms with E-state index in [1.165, 1.54) is 0 Å². The highest BCUT2D eigenvalue weighted by Crippen LogP contribution is 2.20. The van der Waals surface area contributed by atoms with Crippen LogP contribution in [-0.4, -0.2) is 10.5 Å². The number of halogens is 1. The van der Waals surface area contributed by atoms with Gasteiger partial charge in [-0.1, -0.05) is 17.7 Å². The largest absolute Gasteiger partial charge is 0.340 e. The third-order valence-corrected chi connectivity index (χ3v) is 3.58. The van der Waals surface area contributed by atoms with E-state index in [0.29, 0.717) is 11.6 Å². The Morgan fingerprint density at radius 2 is 1.79 bits per heavy atom. The van der Waals surface area contributed by atoms with Crippen molar-refractivity contribution >= 4 is 23.2 Å². The van der Waals surface area contributed by atoms with E-state index in [2.05, 4.69) is 5.32 Å². The van der Waals surface area contributed by atoms with Crippen molar-refractivity contribution in [3.8, 4) is 0 Å². The summed E-state index contributed by atoms with van der Waals surface area (Å²) in [7, 11) is 0. The topological polar surface area (TPSA) is 34.0 Å². The molecule has 0 saturated carbocycles. The van der Waals surface area contributed by atoms with Crippen molar-refractivity contribution in [2.75, 3.05) is 5.32 Å². The molecular formula is C15H17ClN2O. The summed E-state index contributed by atoms with van der Waals surface area (Å²) in [5.41, 5.74) is 3.88. The van der Waals surface area contributed by atoms with Gasteiger partial charge in [0.1, 0.15) is 6.54 Å².